The van der Waals surface area contributed by atoms with Crippen LogP contribution in [0.3, 0.4) is 0 Å². The molecule has 0 saturated heterocycles. The Morgan fingerprint density at radius 3 is 3.06 bits per heavy atom. The van der Waals surface area contributed by atoms with Crippen LogP contribution in [-0.2, 0) is 18.2 Å². The molecule has 2 aromatic heterocycles. The van der Waals surface area contributed by atoms with E-state index in [0.717, 1.165) is 5.56 Å². The monoisotopic (exact) mass is 237 g/mol. The van der Waals surface area contributed by atoms with Gasteiger partial charge in [0, 0.05) is 32.8 Å². The SMILES string of the molecule is COCC(N)Cc1nc(-c2cnn(C)c2)no1. The summed E-state index contributed by atoms with van der Waals surface area (Å²) in [7, 11) is 3.44. The molecule has 1 atom stereocenters. The Hall–Kier alpha value is -1.73. The second-order valence-corrected chi connectivity index (χ2v) is 3.83. The first-order chi connectivity index (χ1) is 8.19. The van der Waals surface area contributed by atoms with Crippen LogP contribution >= 0.6 is 0 Å². The number of methoxy groups -OCH3 is 1. The maximum Gasteiger partial charge on any atom is 0.228 e. The normalized spacial score (nSPS) is 12.9. The summed E-state index contributed by atoms with van der Waals surface area (Å²) in [5, 5.41) is 7.92. The number of nitrogens with zero attached hydrogens (tertiary/aromatic N) is 4. The number of rotatable bonds is 5. The van der Waals surface area contributed by atoms with E-state index in [1.807, 2.05) is 13.2 Å². The van der Waals surface area contributed by atoms with Crippen LogP contribution in [0.4, 0.5) is 0 Å². The average molecular weight is 237 g/mol. The van der Waals surface area contributed by atoms with Crippen LogP contribution in [0.25, 0.3) is 11.4 Å². The Kier molecular flexibility index (Phi) is 3.50. The lowest BCUT2D eigenvalue weighted by Gasteiger charge is -2.05. The van der Waals surface area contributed by atoms with Crippen LogP contribution in [0.1, 0.15) is 5.89 Å². The smallest absolute Gasteiger partial charge is 0.228 e. The maximum atomic E-state index is 5.80. The zero-order chi connectivity index (χ0) is 12.3. The van der Waals surface area contributed by atoms with Crippen LogP contribution in [0.5, 0.6) is 0 Å². The van der Waals surface area contributed by atoms with Gasteiger partial charge < -0.3 is 15.0 Å². The van der Waals surface area contributed by atoms with Gasteiger partial charge in [-0.2, -0.15) is 10.1 Å². The van der Waals surface area contributed by atoms with Crippen molar-refractivity contribution in [2.75, 3.05) is 13.7 Å². The first-order valence-corrected chi connectivity index (χ1v) is 5.25. The third-order valence-electron chi connectivity index (χ3n) is 2.25. The molecule has 17 heavy (non-hydrogen) atoms. The molecule has 7 nitrogen and oxygen atoms in total. The molecular formula is C10H15N5O2. The summed E-state index contributed by atoms with van der Waals surface area (Å²) in [5.74, 6) is 1.03. The van der Waals surface area contributed by atoms with Gasteiger partial charge in [-0.15, -0.1) is 0 Å². The van der Waals surface area contributed by atoms with Crippen molar-refractivity contribution in [2.45, 2.75) is 12.5 Å². The number of aromatic nitrogens is 4. The standard InChI is InChI=1S/C10H15N5O2/c1-15-5-7(4-12-15)10-13-9(17-14-10)3-8(11)6-16-2/h4-5,8H,3,6,11H2,1-2H3. The molecule has 0 fully saturated rings. The number of ether oxygens (including phenoxy) is 1. The molecule has 0 radical (unpaired) electrons. The second-order valence-electron chi connectivity index (χ2n) is 3.83. The third-order valence-corrected chi connectivity index (χ3v) is 2.25. The lowest BCUT2D eigenvalue weighted by atomic mass is 10.2. The highest BCUT2D eigenvalue weighted by Gasteiger charge is 2.13. The lowest BCUT2D eigenvalue weighted by Crippen LogP contribution is -2.28. The van der Waals surface area contributed by atoms with Gasteiger partial charge in [-0.25, -0.2) is 0 Å². The van der Waals surface area contributed by atoms with E-state index in [2.05, 4.69) is 15.2 Å². The summed E-state index contributed by atoms with van der Waals surface area (Å²) in [6, 6.07) is -0.137. The van der Waals surface area contributed by atoms with Crippen LogP contribution in [0.15, 0.2) is 16.9 Å². The van der Waals surface area contributed by atoms with Gasteiger partial charge in [0.15, 0.2) is 0 Å². The Morgan fingerprint density at radius 2 is 2.41 bits per heavy atom. The molecule has 2 N–H and O–H groups in total. The zero-order valence-electron chi connectivity index (χ0n) is 9.83. The largest absolute Gasteiger partial charge is 0.383 e. The van der Waals surface area contributed by atoms with E-state index in [1.165, 1.54) is 0 Å². The Labute approximate surface area is 98.6 Å². The first kappa shape index (κ1) is 11.7. The fourth-order valence-corrected chi connectivity index (χ4v) is 1.49. The average Bonchev–Trinajstić information content (AvgIpc) is 2.87. The molecule has 0 aliphatic carbocycles. The molecule has 0 aromatic carbocycles. The van der Waals surface area contributed by atoms with Crippen LogP contribution < -0.4 is 5.73 Å². The molecule has 1 unspecified atom stereocenters. The minimum atomic E-state index is -0.137. The van der Waals surface area contributed by atoms with E-state index in [0.29, 0.717) is 24.7 Å². The zero-order valence-corrected chi connectivity index (χ0v) is 9.83. The van der Waals surface area contributed by atoms with Crippen molar-refractivity contribution in [3.8, 4) is 11.4 Å². The van der Waals surface area contributed by atoms with E-state index >= 15 is 0 Å². The van der Waals surface area contributed by atoms with Crippen molar-refractivity contribution in [3.05, 3.63) is 18.3 Å². The summed E-state index contributed by atoms with van der Waals surface area (Å²) in [6.45, 7) is 0.463. The van der Waals surface area contributed by atoms with Gasteiger partial charge in [-0.05, 0) is 0 Å². The topological polar surface area (TPSA) is 92.0 Å². The molecular weight excluding hydrogens is 222 g/mol. The lowest BCUT2D eigenvalue weighted by molar-refractivity contribution is 0.176. The minimum Gasteiger partial charge on any atom is -0.383 e. The van der Waals surface area contributed by atoms with Gasteiger partial charge in [0.1, 0.15) is 0 Å². The van der Waals surface area contributed by atoms with Crippen molar-refractivity contribution < 1.29 is 9.26 Å². The van der Waals surface area contributed by atoms with Crippen LogP contribution in [-0.4, -0.2) is 39.7 Å². The van der Waals surface area contributed by atoms with Gasteiger partial charge in [-0.3, -0.25) is 4.68 Å². The predicted octanol–water partition coefficient (Wildman–Crippen LogP) is -0.0137. The number of hydrogen-bond acceptors (Lipinski definition) is 6. The highest BCUT2D eigenvalue weighted by atomic mass is 16.5. The molecule has 0 aliphatic heterocycles. The first-order valence-electron chi connectivity index (χ1n) is 5.25. The Morgan fingerprint density at radius 1 is 1.59 bits per heavy atom. The Bertz CT molecular complexity index is 479. The summed E-state index contributed by atoms with van der Waals surface area (Å²) < 4.78 is 11.7. The summed E-state index contributed by atoms with van der Waals surface area (Å²) in [5.41, 5.74) is 6.62. The van der Waals surface area contributed by atoms with E-state index in [4.69, 9.17) is 15.0 Å². The molecule has 2 aromatic rings. The molecule has 0 bridgehead atoms. The van der Waals surface area contributed by atoms with E-state index in [-0.39, 0.29) is 6.04 Å². The van der Waals surface area contributed by atoms with Gasteiger partial charge in [0.05, 0.1) is 18.4 Å². The molecule has 2 heterocycles. The Balaban J connectivity index is 2.05. The predicted molar refractivity (Wildman–Crippen MR) is 60.1 cm³/mol. The van der Waals surface area contributed by atoms with Gasteiger partial charge in [-0.1, -0.05) is 5.16 Å². The fraction of sp³-hybridized carbons (Fsp3) is 0.500. The fourth-order valence-electron chi connectivity index (χ4n) is 1.49. The van der Waals surface area contributed by atoms with Gasteiger partial charge in [0.2, 0.25) is 11.7 Å². The maximum absolute atomic E-state index is 5.80. The van der Waals surface area contributed by atoms with Gasteiger partial charge >= 0.3 is 0 Å². The summed E-state index contributed by atoms with van der Waals surface area (Å²) >= 11 is 0. The highest BCUT2D eigenvalue weighted by molar-refractivity contribution is 5.50. The number of hydrogen-bond donors (Lipinski definition) is 1. The molecule has 2 rings (SSSR count). The quantitative estimate of drug-likeness (QED) is 0.786. The van der Waals surface area contributed by atoms with E-state index in [1.54, 1.807) is 18.0 Å². The third kappa shape index (κ3) is 2.89. The highest BCUT2D eigenvalue weighted by Crippen LogP contribution is 2.14. The van der Waals surface area contributed by atoms with Crippen LogP contribution in [0, 0.1) is 0 Å². The number of aryl methyl sites for hydroxylation is 1. The molecule has 7 heteroatoms. The molecule has 0 saturated carbocycles. The van der Waals surface area contributed by atoms with Crippen LogP contribution in [0.2, 0.25) is 0 Å². The van der Waals surface area contributed by atoms with Gasteiger partial charge in [0.25, 0.3) is 0 Å². The van der Waals surface area contributed by atoms with Crippen molar-refractivity contribution in [2.24, 2.45) is 12.8 Å². The van der Waals surface area contributed by atoms with E-state index < -0.39 is 0 Å². The summed E-state index contributed by atoms with van der Waals surface area (Å²) in [4.78, 5) is 4.25. The van der Waals surface area contributed by atoms with Crippen molar-refractivity contribution in [1.29, 1.82) is 0 Å². The summed E-state index contributed by atoms with van der Waals surface area (Å²) in [6.07, 6.45) is 4.01. The molecule has 92 valence electrons. The van der Waals surface area contributed by atoms with Crippen molar-refractivity contribution in [1.82, 2.24) is 19.9 Å². The van der Waals surface area contributed by atoms with Crippen molar-refractivity contribution in [3.63, 3.8) is 0 Å². The number of nitrogens with two attached hydrogens (primary N) is 1. The van der Waals surface area contributed by atoms with E-state index in [9.17, 15) is 0 Å². The molecule has 0 amide bonds. The minimum absolute atomic E-state index is 0.137. The second kappa shape index (κ2) is 5.07. The molecule has 0 spiro atoms. The van der Waals surface area contributed by atoms with Crippen molar-refractivity contribution >= 4 is 0 Å². The molecule has 0 aliphatic rings.